The van der Waals surface area contributed by atoms with Crippen LogP contribution in [-0.4, -0.2) is 31.0 Å². The first-order chi connectivity index (χ1) is 8.42. The minimum atomic E-state index is -0.278. The molecule has 2 rings (SSSR count). The minimum Gasteiger partial charge on any atom is -0.347 e. The lowest BCUT2D eigenvalue weighted by atomic mass is 10.1. The van der Waals surface area contributed by atoms with Gasteiger partial charge >= 0.3 is 0 Å². The van der Waals surface area contributed by atoms with Gasteiger partial charge < -0.3 is 5.32 Å². The van der Waals surface area contributed by atoms with Gasteiger partial charge in [-0.2, -0.15) is 10.1 Å². The fraction of sp³-hybridized carbons (Fsp3) is 0.500. The molecule has 2 aromatic rings. The van der Waals surface area contributed by atoms with Crippen molar-refractivity contribution in [2.24, 2.45) is 0 Å². The van der Waals surface area contributed by atoms with E-state index in [4.69, 9.17) is 0 Å². The number of carbonyl (C=O) groups excluding carboxylic acids is 1. The lowest BCUT2D eigenvalue weighted by Gasteiger charge is -2.21. The molecule has 0 aliphatic heterocycles. The van der Waals surface area contributed by atoms with E-state index in [9.17, 15) is 4.79 Å². The van der Waals surface area contributed by atoms with E-state index < -0.39 is 0 Å². The molecular formula is C12H17N5O. The van der Waals surface area contributed by atoms with E-state index in [0.29, 0.717) is 17.8 Å². The Morgan fingerprint density at radius 3 is 2.72 bits per heavy atom. The lowest BCUT2D eigenvalue weighted by molar-refractivity contribution is 0.0917. The molecule has 0 saturated carbocycles. The number of aromatic nitrogens is 4. The van der Waals surface area contributed by atoms with Crippen molar-refractivity contribution in [3.8, 4) is 0 Å². The van der Waals surface area contributed by atoms with E-state index in [2.05, 4.69) is 20.4 Å². The number of amides is 1. The number of rotatable bonds is 2. The number of nitrogens with zero attached hydrogens (tertiary/aromatic N) is 4. The molecule has 6 nitrogen and oxygen atoms in total. The summed E-state index contributed by atoms with van der Waals surface area (Å²) in [6, 6.07) is 0. The number of fused-ring (bicyclic) bond motifs is 1. The average molecular weight is 247 g/mol. The van der Waals surface area contributed by atoms with E-state index in [1.165, 1.54) is 6.33 Å². The van der Waals surface area contributed by atoms with Crippen LogP contribution in [0.2, 0.25) is 0 Å². The highest BCUT2D eigenvalue weighted by atomic mass is 16.1. The molecule has 0 radical (unpaired) electrons. The fourth-order valence-electron chi connectivity index (χ4n) is 1.76. The van der Waals surface area contributed by atoms with Crippen molar-refractivity contribution in [1.29, 1.82) is 0 Å². The van der Waals surface area contributed by atoms with E-state index in [-0.39, 0.29) is 11.4 Å². The fourth-order valence-corrected chi connectivity index (χ4v) is 1.76. The standard InChI is InChI=1S/C12H17N5O/c1-5-9-8(10(18)16-12(2,3)4)6-13-11-14-7-15-17(9)11/h6-7H,5H2,1-4H3,(H,16,18). The average Bonchev–Trinajstić information content (AvgIpc) is 2.72. The highest BCUT2D eigenvalue weighted by Gasteiger charge is 2.20. The molecular weight excluding hydrogens is 230 g/mol. The Morgan fingerprint density at radius 1 is 1.39 bits per heavy atom. The van der Waals surface area contributed by atoms with Gasteiger partial charge in [-0.1, -0.05) is 6.92 Å². The van der Waals surface area contributed by atoms with Crippen LogP contribution in [-0.2, 0) is 6.42 Å². The Morgan fingerprint density at radius 2 is 2.11 bits per heavy atom. The molecule has 0 saturated heterocycles. The molecule has 0 bridgehead atoms. The number of hydrogen-bond acceptors (Lipinski definition) is 4. The summed E-state index contributed by atoms with van der Waals surface area (Å²) in [4.78, 5) is 20.3. The second-order valence-electron chi connectivity index (χ2n) is 5.15. The zero-order chi connectivity index (χ0) is 13.3. The molecule has 1 N–H and O–H groups in total. The van der Waals surface area contributed by atoms with Gasteiger partial charge in [-0.15, -0.1) is 0 Å². The molecule has 18 heavy (non-hydrogen) atoms. The van der Waals surface area contributed by atoms with Gasteiger partial charge in [0.15, 0.2) is 0 Å². The van der Waals surface area contributed by atoms with Crippen LogP contribution in [0.5, 0.6) is 0 Å². The maximum Gasteiger partial charge on any atom is 0.255 e. The SMILES string of the molecule is CCc1c(C(=O)NC(C)(C)C)cnc2ncnn12. The Hall–Kier alpha value is -1.98. The smallest absolute Gasteiger partial charge is 0.255 e. The van der Waals surface area contributed by atoms with Gasteiger partial charge in [0.25, 0.3) is 11.7 Å². The Kier molecular flexibility index (Phi) is 3.02. The summed E-state index contributed by atoms with van der Waals surface area (Å²) in [5.41, 5.74) is 1.09. The summed E-state index contributed by atoms with van der Waals surface area (Å²) in [6.45, 7) is 7.80. The third-order valence-corrected chi connectivity index (χ3v) is 2.47. The van der Waals surface area contributed by atoms with Gasteiger partial charge in [0.1, 0.15) is 6.33 Å². The largest absolute Gasteiger partial charge is 0.347 e. The highest BCUT2D eigenvalue weighted by Crippen LogP contribution is 2.11. The number of carbonyl (C=O) groups is 1. The van der Waals surface area contributed by atoms with Crippen LogP contribution in [0, 0.1) is 0 Å². The molecule has 2 heterocycles. The molecule has 0 aliphatic carbocycles. The van der Waals surface area contributed by atoms with Crippen LogP contribution in [0.3, 0.4) is 0 Å². The Balaban J connectivity index is 2.47. The van der Waals surface area contributed by atoms with Gasteiger partial charge in [-0.05, 0) is 27.2 Å². The summed E-state index contributed by atoms with van der Waals surface area (Å²) >= 11 is 0. The van der Waals surface area contributed by atoms with E-state index >= 15 is 0 Å². The van der Waals surface area contributed by atoms with Crippen molar-refractivity contribution in [3.63, 3.8) is 0 Å². The number of hydrogen-bond donors (Lipinski definition) is 1. The summed E-state index contributed by atoms with van der Waals surface area (Å²) in [7, 11) is 0. The third kappa shape index (κ3) is 2.32. The van der Waals surface area contributed by atoms with Crippen molar-refractivity contribution in [3.05, 3.63) is 23.8 Å². The maximum atomic E-state index is 12.2. The first-order valence-corrected chi connectivity index (χ1v) is 5.92. The van der Waals surface area contributed by atoms with Crippen LogP contribution < -0.4 is 5.32 Å². The zero-order valence-electron chi connectivity index (χ0n) is 11.1. The summed E-state index contributed by atoms with van der Waals surface area (Å²) in [5.74, 6) is 0.378. The van der Waals surface area contributed by atoms with Crippen LogP contribution >= 0.6 is 0 Å². The Bertz CT molecular complexity index is 582. The first kappa shape index (κ1) is 12.5. The molecule has 0 fully saturated rings. The maximum absolute atomic E-state index is 12.2. The molecule has 0 spiro atoms. The van der Waals surface area contributed by atoms with Crippen molar-refractivity contribution >= 4 is 11.7 Å². The minimum absolute atomic E-state index is 0.135. The van der Waals surface area contributed by atoms with Crippen LogP contribution in [0.4, 0.5) is 0 Å². The molecule has 1 amide bonds. The summed E-state index contributed by atoms with van der Waals surface area (Å²) < 4.78 is 1.61. The molecule has 0 aliphatic rings. The van der Waals surface area contributed by atoms with Crippen molar-refractivity contribution in [2.45, 2.75) is 39.7 Å². The van der Waals surface area contributed by atoms with Crippen molar-refractivity contribution in [2.75, 3.05) is 0 Å². The normalized spacial score (nSPS) is 11.8. The lowest BCUT2D eigenvalue weighted by Crippen LogP contribution is -2.41. The van der Waals surface area contributed by atoms with Crippen molar-refractivity contribution in [1.82, 2.24) is 24.9 Å². The third-order valence-electron chi connectivity index (χ3n) is 2.47. The predicted molar refractivity (Wildman–Crippen MR) is 67.4 cm³/mol. The zero-order valence-corrected chi connectivity index (χ0v) is 11.1. The summed E-state index contributed by atoms with van der Waals surface area (Å²) in [5, 5.41) is 7.02. The van der Waals surface area contributed by atoms with Gasteiger partial charge in [0.2, 0.25) is 0 Å². The first-order valence-electron chi connectivity index (χ1n) is 5.92. The second kappa shape index (κ2) is 4.36. The monoisotopic (exact) mass is 247 g/mol. The second-order valence-corrected chi connectivity index (χ2v) is 5.15. The highest BCUT2D eigenvalue weighted by molar-refractivity contribution is 5.95. The molecule has 2 aromatic heterocycles. The predicted octanol–water partition coefficient (Wildman–Crippen LogP) is 1.21. The topological polar surface area (TPSA) is 72.2 Å². The molecule has 0 aromatic carbocycles. The van der Waals surface area contributed by atoms with Crippen LogP contribution in [0.25, 0.3) is 5.78 Å². The molecule has 96 valence electrons. The summed E-state index contributed by atoms with van der Waals surface area (Å²) in [6.07, 6.45) is 3.69. The van der Waals surface area contributed by atoms with Crippen LogP contribution in [0.1, 0.15) is 43.7 Å². The van der Waals surface area contributed by atoms with E-state index in [0.717, 1.165) is 5.69 Å². The number of nitrogens with one attached hydrogen (secondary N) is 1. The quantitative estimate of drug-likeness (QED) is 0.866. The van der Waals surface area contributed by atoms with E-state index in [1.807, 2.05) is 27.7 Å². The van der Waals surface area contributed by atoms with Gasteiger partial charge in [0, 0.05) is 11.7 Å². The van der Waals surface area contributed by atoms with Gasteiger partial charge in [-0.25, -0.2) is 9.50 Å². The van der Waals surface area contributed by atoms with Gasteiger partial charge in [0.05, 0.1) is 11.3 Å². The van der Waals surface area contributed by atoms with Crippen LogP contribution in [0.15, 0.2) is 12.5 Å². The molecule has 6 heteroatoms. The number of aryl methyl sites for hydroxylation is 1. The van der Waals surface area contributed by atoms with E-state index in [1.54, 1.807) is 10.7 Å². The molecule has 0 atom stereocenters. The van der Waals surface area contributed by atoms with Gasteiger partial charge in [-0.3, -0.25) is 4.79 Å². The van der Waals surface area contributed by atoms with Crippen molar-refractivity contribution < 1.29 is 4.79 Å². The Labute approximate surface area is 105 Å². The molecule has 0 unspecified atom stereocenters.